The number of halogens is 4. The number of alkyl halides is 3. The zero-order valence-corrected chi connectivity index (χ0v) is 18.2. The molecule has 1 N–H and O–H groups in total. The maximum absolute atomic E-state index is 12.9. The Hall–Kier alpha value is -3.34. The van der Waals surface area contributed by atoms with Gasteiger partial charge in [-0.25, -0.2) is 0 Å². The number of hydrogen-bond donors (Lipinski definition) is 1. The summed E-state index contributed by atoms with van der Waals surface area (Å²) in [6.07, 6.45) is -4.70. The van der Waals surface area contributed by atoms with Gasteiger partial charge in [0.05, 0.1) is 21.1 Å². The number of nitrogens with zero attached hydrogens (tertiary/aromatic N) is 3. The van der Waals surface area contributed by atoms with Crippen molar-refractivity contribution >= 4 is 34.8 Å². The fraction of sp³-hybridized carbons (Fsp3) is 0.333. The standard InChI is InChI=1S/C21H20ClF3N4O4/c1-13(26-19(30)15-4-2-3-5-16(15)22)20(31)28-10-8-27(9-11-28)17-7-6-14(21(23,24)25)12-18(17)29(32)33/h2-7,12-13H,8-11H2,1H3,(H,26,30)/t13-/m0/s1. The largest absolute Gasteiger partial charge is 0.416 e. The SMILES string of the molecule is C[C@H](NC(=O)c1ccccc1Cl)C(=O)N1CCN(c2ccc(C(F)(F)F)cc2[N+](=O)[O-])CC1. The summed E-state index contributed by atoms with van der Waals surface area (Å²) in [6, 6.07) is 7.95. The van der Waals surface area contributed by atoms with Crippen molar-refractivity contribution in [3.63, 3.8) is 0 Å². The van der Waals surface area contributed by atoms with Crippen LogP contribution in [0.15, 0.2) is 42.5 Å². The Labute approximate surface area is 192 Å². The molecule has 1 aliphatic heterocycles. The monoisotopic (exact) mass is 484 g/mol. The Morgan fingerprint density at radius 2 is 1.76 bits per heavy atom. The van der Waals surface area contributed by atoms with Crippen molar-refractivity contribution in [1.82, 2.24) is 10.2 Å². The minimum Gasteiger partial charge on any atom is -0.362 e. The molecule has 0 aliphatic carbocycles. The van der Waals surface area contributed by atoms with E-state index in [9.17, 15) is 32.9 Å². The number of carbonyl (C=O) groups excluding carboxylic acids is 2. The minimum atomic E-state index is -4.70. The van der Waals surface area contributed by atoms with Gasteiger partial charge in [-0.3, -0.25) is 19.7 Å². The van der Waals surface area contributed by atoms with Gasteiger partial charge >= 0.3 is 6.18 Å². The number of nitro groups is 1. The Morgan fingerprint density at radius 3 is 2.33 bits per heavy atom. The number of hydrogen-bond acceptors (Lipinski definition) is 5. The van der Waals surface area contributed by atoms with Gasteiger partial charge in [-0.15, -0.1) is 0 Å². The average Bonchev–Trinajstić information content (AvgIpc) is 2.77. The van der Waals surface area contributed by atoms with Crippen molar-refractivity contribution in [1.29, 1.82) is 0 Å². The quantitative estimate of drug-likeness (QED) is 0.515. The Kier molecular flexibility index (Phi) is 7.11. The Balaban J connectivity index is 1.65. The lowest BCUT2D eigenvalue weighted by atomic mass is 10.1. The number of amides is 2. The van der Waals surface area contributed by atoms with Crippen LogP contribution in [0.1, 0.15) is 22.8 Å². The van der Waals surface area contributed by atoms with Crippen molar-refractivity contribution in [3.8, 4) is 0 Å². The number of carbonyl (C=O) groups is 2. The van der Waals surface area contributed by atoms with Gasteiger partial charge in [-0.1, -0.05) is 23.7 Å². The van der Waals surface area contributed by atoms with Crippen molar-refractivity contribution in [3.05, 3.63) is 68.7 Å². The first-order chi connectivity index (χ1) is 15.5. The molecule has 2 amide bonds. The number of anilines is 1. The van der Waals surface area contributed by atoms with Gasteiger partial charge in [0.2, 0.25) is 5.91 Å². The molecule has 12 heteroatoms. The molecule has 1 atom stereocenters. The van der Waals surface area contributed by atoms with Crippen LogP contribution in [-0.2, 0) is 11.0 Å². The predicted molar refractivity (Wildman–Crippen MR) is 115 cm³/mol. The third kappa shape index (κ3) is 5.54. The topological polar surface area (TPSA) is 95.8 Å². The molecule has 0 saturated carbocycles. The summed E-state index contributed by atoms with van der Waals surface area (Å²) in [5, 5.41) is 14.2. The van der Waals surface area contributed by atoms with Crippen molar-refractivity contribution in [2.24, 2.45) is 0 Å². The zero-order chi connectivity index (χ0) is 24.3. The molecule has 1 fully saturated rings. The van der Waals surface area contributed by atoms with E-state index < -0.39 is 34.3 Å². The van der Waals surface area contributed by atoms with E-state index in [0.717, 1.165) is 12.1 Å². The molecule has 1 saturated heterocycles. The van der Waals surface area contributed by atoms with Crippen molar-refractivity contribution < 1.29 is 27.7 Å². The molecule has 1 aliphatic rings. The Morgan fingerprint density at radius 1 is 1.12 bits per heavy atom. The molecule has 0 spiro atoms. The summed E-state index contributed by atoms with van der Waals surface area (Å²) in [5.41, 5.74) is -1.46. The van der Waals surface area contributed by atoms with Crippen LogP contribution >= 0.6 is 11.6 Å². The first kappa shape index (κ1) is 24.3. The molecule has 0 radical (unpaired) electrons. The highest BCUT2D eigenvalue weighted by atomic mass is 35.5. The van der Waals surface area contributed by atoms with E-state index in [1.165, 1.54) is 17.9 Å². The molecule has 176 valence electrons. The molecule has 1 heterocycles. The second kappa shape index (κ2) is 9.65. The lowest BCUT2D eigenvalue weighted by molar-refractivity contribution is -0.384. The van der Waals surface area contributed by atoms with E-state index in [-0.39, 0.29) is 48.4 Å². The van der Waals surface area contributed by atoms with Gasteiger partial charge in [0.15, 0.2) is 0 Å². The van der Waals surface area contributed by atoms with E-state index >= 15 is 0 Å². The van der Waals surface area contributed by atoms with Crippen LogP contribution in [0.3, 0.4) is 0 Å². The van der Waals surface area contributed by atoms with Crippen LogP contribution < -0.4 is 10.2 Å². The third-order valence-electron chi connectivity index (χ3n) is 5.27. The number of benzene rings is 2. The van der Waals surface area contributed by atoms with Gasteiger partial charge in [-0.05, 0) is 31.2 Å². The number of nitro benzene ring substituents is 1. The van der Waals surface area contributed by atoms with Crippen LogP contribution in [0.5, 0.6) is 0 Å². The summed E-state index contributed by atoms with van der Waals surface area (Å²) in [5.74, 6) is -0.850. The summed E-state index contributed by atoms with van der Waals surface area (Å²) in [4.78, 5) is 38.7. The second-order valence-electron chi connectivity index (χ2n) is 7.45. The summed E-state index contributed by atoms with van der Waals surface area (Å²) < 4.78 is 38.8. The third-order valence-corrected chi connectivity index (χ3v) is 5.60. The first-order valence-corrected chi connectivity index (χ1v) is 10.3. The average molecular weight is 485 g/mol. The molecule has 0 aromatic heterocycles. The van der Waals surface area contributed by atoms with Crippen LogP contribution in [0, 0.1) is 10.1 Å². The van der Waals surface area contributed by atoms with Crippen LogP contribution in [0.2, 0.25) is 5.02 Å². The van der Waals surface area contributed by atoms with Crippen molar-refractivity contribution in [2.75, 3.05) is 31.1 Å². The molecule has 3 rings (SSSR count). The van der Waals surface area contributed by atoms with E-state index in [4.69, 9.17) is 11.6 Å². The number of nitrogens with one attached hydrogen (secondary N) is 1. The van der Waals surface area contributed by atoms with Gasteiger partial charge in [0.25, 0.3) is 11.6 Å². The molecule has 2 aromatic carbocycles. The van der Waals surface area contributed by atoms with E-state index in [0.29, 0.717) is 6.07 Å². The highest BCUT2D eigenvalue weighted by Crippen LogP contribution is 2.36. The van der Waals surface area contributed by atoms with Crippen LogP contribution in [0.4, 0.5) is 24.5 Å². The second-order valence-corrected chi connectivity index (χ2v) is 7.85. The highest BCUT2D eigenvalue weighted by molar-refractivity contribution is 6.33. The van der Waals surface area contributed by atoms with Crippen LogP contribution in [-0.4, -0.2) is 53.9 Å². The van der Waals surface area contributed by atoms with E-state index in [1.54, 1.807) is 23.1 Å². The summed E-state index contributed by atoms with van der Waals surface area (Å²) in [7, 11) is 0. The lowest BCUT2D eigenvalue weighted by Crippen LogP contribution is -2.54. The molecular weight excluding hydrogens is 465 g/mol. The van der Waals surface area contributed by atoms with Gasteiger partial charge < -0.3 is 15.1 Å². The maximum Gasteiger partial charge on any atom is 0.416 e. The van der Waals surface area contributed by atoms with E-state index in [1.807, 2.05) is 0 Å². The number of piperazine rings is 1. The molecule has 0 unspecified atom stereocenters. The highest BCUT2D eigenvalue weighted by Gasteiger charge is 2.35. The van der Waals surface area contributed by atoms with Crippen molar-refractivity contribution in [2.45, 2.75) is 19.1 Å². The first-order valence-electron chi connectivity index (χ1n) is 9.94. The van der Waals surface area contributed by atoms with Gasteiger partial charge in [0, 0.05) is 32.2 Å². The van der Waals surface area contributed by atoms with Gasteiger partial charge in [0.1, 0.15) is 11.7 Å². The van der Waals surface area contributed by atoms with Gasteiger partial charge in [-0.2, -0.15) is 13.2 Å². The normalized spacial score (nSPS) is 15.2. The maximum atomic E-state index is 12.9. The number of rotatable bonds is 5. The summed E-state index contributed by atoms with van der Waals surface area (Å²) in [6.45, 7) is 2.27. The fourth-order valence-electron chi connectivity index (χ4n) is 3.54. The fourth-order valence-corrected chi connectivity index (χ4v) is 3.76. The molecule has 2 aromatic rings. The molecule has 33 heavy (non-hydrogen) atoms. The van der Waals surface area contributed by atoms with Crippen LogP contribution in [0.25, 0.3) is 0 Å². The molecule has 8 nitrogen and oxygen atoms in total. The minimum absolute atomic E-state index is 0.0557. The Bertz CT molecular complexity index is 1070. The molecular formula is C21H20ClF3N4O4. The predicted octanol–water partition coefficient (Wildman–Crippen LogP) is 3.73. The zero-order valence-electron chi connectivity index (χ0n) is 17.4. The molecule has 0 bridgehead atoms. The summed E-state index contributed by atoms with van der Waals surface area (Å²) >= 11 is 6.00. The smallest absolute Gasteiger partial charge is 0.362 e. The van der Waals surface area contributed by atoms with E-state index in [2.05, 4.69) is 5.32 Å². The lowest BCUT2D eigenvalue weighted by Gasteiger charge is -2.37.